The monoisotopic (exact) mass is 294 g/mol. The van der Waals surface area contributed by atoms with Gasteiger partial charge in [-0.25, -0.2) is 0 Å². The second-order valence-corrected chi connectivity index (χ2v) is 6.51. The molecule has 1 rings (SSSR count). The predicted octanol–water partition coefficient (Wildman–Crippen LogP) is 3.53. The number of halogens is 3. The van der Waals surface area contributed by atoms with Crippen LogP contribution in [0.25, 0.3) is 0 Å². The minimum atomic E-state index is -4.05. The molecule has 0 spiro atoms. The number of nitrogens with zero attached hydrogens (tertiary/aromatic N) is 1. The zero-order valence-electron chi connectivity index (χ0n) is 13.1. The Bertz CT molecular complexity index is 281. The average molecular weight is 294 g/mol. The maximum atomic E-state index is 12.3. The number of hydrogen-bond donors (Lipinski definition) is 1. The maximum absolute atomic E-state index is 12.3. The van der Waals surface area contributed by atoms with E-state index in [4.69, 9.17) is 0 Å². The van der Waals surface area contributed by atoms with Crippen LogP contribution in [0.15, 0.2) is 0 Å². The summed E-state index contributed by atoms with van der Waals surface area (Å²) >= 11 is 0. The highest BCUT2D eigenvalue weighted by Gasteiger charge is 2.34. The van der Waals surface area contributed by atoms with Gasteiger partial charge in [0.1, 0.15) is 0 Å². The minimum Gasteiger partial charge on any atom is -0.314 e. The smallest absolute Gasteiger partial charge is 0.314 e. The van der Waals surface area contributed by atoms with Gasteiger partial charge in [-0.3, -0.25) is 0 Å². The molecule has 120 valence electrons. The number of rotatable bonds is 6. The Kier molecular flexibility index (Phi) is 6.79. The van der Waals surface area contributed by atoms with E-state index in [0.29, 0.717) is 23.8 Å². The van der Waals surface area contributed by atoms with Gasteiger partial charge in [0.05, 0.1) is 6.42 Å². The number of alkyl halides is 3. The molecule has 5 heteroatoms. The van der Waals surface area contributed by atoms with E-state index in [0.717, 1.165) is 19.5 Å². The predicted molar refractivity (Wildman–Crippen MR) is 76.7 cm³/mol. The van der Waals surface area contributed by atoms with Gasteiger partial charge in [-0.2, -0.15) is 13.2 Å². The third-order valence-electron chi connectivity index (χ3n) is 4.44. The van der Waals surface area contributed by atoms with Crippen molar-refractivity contribution in [2.75, 3.05) is 26.7 Å². The van der Waals surface area contributed by atoms with Gasteiger partial charge in [0.2, 0.25) is 0 Å². The molecule has 0 saturated heterocycles. The van der Waals surface area contributed by atoms with Crippen molar-refractivity contribution >= 4 is 0 Å². The molecule has 1 aliphatic carbocycles. The van der Waals surface area contributed by atoms with Crippen LogP contribution in [-0.4, -0.2) is 43.8 Å². The standard InChI is InChI=1S/C15H29F3N2/c1-5-19-14-9-11(2)8-12(3)13(14)10-20(4)7-6-15(16,17)18/h11-14,19H,5-10H2,1-4H3. The summed E-state index contributed by atoms with van der Waals surface area (Å²) in [5.41, 5.74) is 0. The first kappa shape index (κ1) is 17.8. The molecule has 20 heavy (non-hydrogen) atoms. The molecule has 0 aromatic heterocycles. The SMILES string of the molecule is CCNC1CC(C)CC(C)C1CN(C)CCC(F)(F)F. The molecule has 0 aliphatic heterocycles. The lowest BCUT2D eigenvalue weighted by Gasteiger charge is -2.42. The summed E-state index contributed by atoms with van der Waals surface area (Å²) in [6.07, 6.45) is -2.45. The fraction of sp³-hybridized carbons (Fsp3) is 1.00. The van der Waals surface area contributed by atoms with E-state index in [1.165, 1.54) is 6.42 Å². The van der Waals surface area contributed by atoms with Crippen LogP contribution < -0.4 is 5.32 Å². The first-order valence-electron chi connectivity index (χ1n) is 7.71. The minimum absolute atomic E-state index is 0.0983. The molecular formula is C15H29F3N2. The maximum Gasteiger partial charge on any atom is 0.390 e. The summed E-state index contributed by atoms with van der Waals surface area (Å²) < 4.78 is 36.8. The molecule has 0 aromatic carbocycles. The average Bonchev–Trinajstić information content (AvgIpc) is 2.30. The van der Waals surface area contributed by atoms with Gasteiger partial charge in [0, 0.05) is 19.1 Å². The lowest BCUT2D eigenvalue weighted by Crippen LogP contribution is -2.48. The van der Waals surface area contributed by atoms with Crippen molar-refractivity contribution in [3.05, 3.63) is 0 Å². The zero-order chi connectivity index (χ0) is 15.3. The Balaban J connectivity index is 2.52. The molecule has 1 aliphatic rings. The van der Waals surface area contributed by atoms with Crippen molar-refractivity contribution < 1.29 is 13.2 Å². The highest BCUT2D eigenvalue weighted by Crippen LogP contribution is 2.34. The molecule has 0 aromatic rings. The van der Waals surface area contributed by atoms with E-state index in [-0.39, 0.29) is 6.54 Å². The molecule has 0 bridgehead atoms. The first-order chi connectivity index (χ1) is 9.23. The van der Waals surface area contributed by atoms with Gasteiger partial charge >= 0.3 is 6.18 Å². The first-order valence-corrected chi connectivity index (χ1v) is 7.71. The molecule has 2 nitrogen and oxygen atoms in total. The van der Waals surface area contributed by atoms with Crippen LogP contribution in [0.1, 0.15) is 40.0 Å². The summed E-state index contributed by atoms with van der Waals surface area (Å²) in [4.78, 5) is 1.84. The van der Waals surface area contributed by atoms with Crippen LogP contribution in [0.2, 0.25) is 0 Å². The van der Waals surface area contributed by atoms with Crippen molar-refractivity contribution in [1.29, 1.82) is 0 Å². The summed E-state index contributed by atoms with van der Waals surface area (Å²) in [6.45, 7) is 8.37. The normalized spacial score (nSPS) is 31.8. The van der Waals surface area contributed by atoms with Crippen LogP contribution in [0.3, 0.4) is 0 Å². The molecule has 0 amide bonds. The van der Waals surface area contributed by atoms with E-state index >= 15 is 0 Å². The van der Waals surface area contributed by atoms with Crippen molar-refractivity contribution in [2.45, 2.75) is 52.3 Å². The van der Waals surface area contributed by atoms with Crippen LogP contribution in [0.5, 0.6) is 0 Å². The zero-order valence-corrected chi connectivity index (χ0v) is 13.1. The van der Waals surface area contributed by atoms with Gasteiger partial charge in [0.15, 0.2) is 0 Å². The van der Waals surface area contributed by atoms with Crippen molar-refractivity contribution in [1.82, 2.24) is 10.2 Å². The van der Waals surface area contributed by atoms with Crippen LogP contribution in [0.4, 0.5) is 13.2 Å². The van der Waals surface area contributed by atoms with Gasteiger partial charge in [-0.15, -0.1) is 0 Å². The molecule has 4 atom stereocenters. The Labute approximate surface area is 121 Å². The molecule has 0 heterocycles. The highest BCUT2D eigenvalue weighted by atomic mass is 19.4. The summed E-state index contributed by atoms with van der Waals surface area (Å²) in [7, 11) is 1.81. The van der Waals surface area contributed by atoms with Crippen LogP contribution in [-0.2, 0) is 0 Å². The topological polar surface area (TPSA) is 15.3 Å². The fourth-order valence-corrected chi connectivity index (χ4v) is 3.48. The second-order valence-electron chi connectivity index (χ2n) is 6.51. The molecule has 1 fully saturated rings. The van der Waals surface area contributed by atoms with Gasteiger partial charge in [-0.1, -0.05) is 20.8 Å². The van der Waals surface area contributed by atoms with Gasteiger partial charge in [0.25, 0.3) is 0 Å². The third-order valence-corrected chi connectivity index (χ3v) is 4.44. The van der Waals surface area contributed by atoms with E-state index in [2.05, 4.69) is 26.1 Å². The second kappa shape index (κ2) is 7.64. The summed E-state index contributed by atoms with van der Waals surface area (Å²) in [6, 6.07) is 0.437. The quantitative estimate of drug-likeness (QED) is 0.806. The molecular weight excluding hydrogens is 265 g/mol. The lowest BCUT2D eigenvalue weighted by atomic mass is 9.72. The summed E-state index contributed by atoms with van der Waals surface area (Å²) in [5, 5.41) is 3.52. The molecule has 4 unspecified atom stereocenters. The van der Waals surface area contributed by atoms with Crippen molar-refractivity contribution in [3.8, 4) is 0 Å². The molecule has 1 N–H and O–H groups in total. The molecule has 0 radical (unpaired) electrons. The van der Waals surface area contributed by atoms with E-state index in [1.807, 2.05) is 4.90 Å². The van der Waals surface area contributed by atoms with Gasteiger partial charge < -0.3 is 10.2 Å². The summed E-state index contributed by atoms with van der Waals surface area (Å²) in [5.74, 6) is 1.71. The van der Waals surface area contributed by atoms with E-state index in [1.54, 1.807) is 7.05 Å². The number of hydrogen-bond acceptors (Lipinski definition) is 2. The van der Waals surface area contributed by atoms with E-state index in [9.17, 15) is 13.2 Å². The van der Waals surface area contributed by atoms with Crippen LogP contribution >= 0.6 is 0 Å². The largest absolute Gasteiger partial charge is 0.390 e. The fourth-order valence-electron chi connectivity index (χ4n) is 3.48. The Hall–Kier alpha value is -0.290. The highest BCUT2D eigenvalue weighted by molar-refractivity contribution is 4.88. The van der Waals surface area contributed by atoms with Crippen molar-refractivity contribution in [3.63, 3.8) is 0 Å². The van der Waals surface area contributed by atoms with Crippen LogP contribution in [0, 0.1) is 17.8 Å². The van der Waals surface area contributed by atoms with Crippen molar-refractivity contribution in [2.24, 2.45) is 17.8 Å². The van der Waals surface area contributed by atoms with E-state index < -0.39 is 12.6 Å². The Morgan fingerprint density at radius 1 is 1.20 bits per heavy atom. The Morgan fingerprint density at radius 3 is 2.40 bits per heavy atom. The molecule has 1 saturated carbocycles. The Morgan fingerprint density at radius 2 is 1.85 bits per heavy atom. The lowest BCUT2D eigenvalue weighted by molar-refractivity contribution is -0.137. The third kappa shape index (κ3) is 6.00. The van der Waals surface area contributed by atoms with Gasteiger partial charge in [-0.05, 0) is 44.2 Å². The number of nitrogens with one attached hydrogen (secondary N) is 1.